The van der Waals surface area contributed by atoms with E-state index in [-0.39, 0.29) is 5.56 Å². The average Bonchev–Trinajstić information content (AvgIpc) is 3.23. The first-order valence-corrected chi connectivity index (χ1v) is 9.57. The molecule has 0 saturated heterocycles. The summed E-state index contributed by atoms with van der Waals surface area (Å²) in [6.07, 6.45) is 5.36. The Bertz CT molecular complexity index is 1240. The highest BCUT2D eigenvalue weighted by molar-refractivity contribution is 5.81. The van der Waals surface area contributed by atoms with Gasteiger partial charge >= 0.3 is 0 Å². The van der Waals surface area contributed by atoms with Crippen molar-refractivity contribution >= 4 is 17.2 Å². The van der Waals surface area contributed by atoms with E-state index >= 15 is 0 Å². The van der Waals surface area contributed by atoms with Gasteiger partial charge < -0.3 is 9.47 Å². The summed E-state index contributed by atoms with van der Waals surface area (Å²) >= 11 is 0. The molecule has 2 aromatic heterocycles. The molecule has 0 spiro atoms. The molecule has 0 N–H and O–H groups in total. The smallest absolute Gasteiger partial charge is 0.285 e. The van der Waals surface area contributed by atoms with Gasteiger partial charge in [-0.15, -0.1) is 0 Å². The van der Waals surface area contributed by atoms with E-state index in [0.29, 0.717) is 29.1 Å². The number of hydrogen-bond donors (Lipinski definition) is 0. The molecule has 0 amide bonds. The molecule has 0 atom stereocenters. The maximum Gasteiger partial charge on any atom is 0.285 e. The van der Waals surface area contributed by atoms with Crippen LogP contribution < -0.4 is 15.0 Å². The standard InChI is InChI=1S/C22H21N5O3/c1-3-11-30-20-12-16(9-10-19(20)29-2)13-24-26-15-23-21-18(22(26)28)14-25-27(21)17-7-5-4-6-8-17/h4-10,12-15H,3,11H2,1-2H3/b24-13-. The molecule has 2 heterocycles. The normalized spacial score (nSPS) is 11.3. The van der Waals surface area contributed by atoms with Crippen LogP contribution in [0.25, 0.3) is 16.7 Å². The van der Waals surface area contributed by atoms with Crippen molar-refractivity contribution in [3.05, 3.63) is 77.0 Å². The highest BCUT2D eigenvalue weighted by atomic mass is 16.5. The lowest BCUT2D eigenvalue weighted by molar-refractivity contribution is 0.294. The second-order valence-electron chi connectivity index (χ2n) is 6.53. The fourth-order valence-corrected chi connectivity index (χ4v) is 2.97. The van der Waals surface area contributed by atoms with Crippen LogP contribution in [0.15, 0.2) is 71.0 Å². The Kier molecular flexibility index (Phi) is 5.56. The molecule has 0 fully saturated rings. The van der Waals surface area contributed by atoms with Crippen molar-refractivity contribution in [3.8, 4) is 17.2 Å². The number of hydrogen-bond acceptors (Lipinski definition) is 6. The molecule has 0 aliphatic heterocycles. The second-order valence-corrected chi connectivity index (χ2v) is 6.53. The fourth-order valence-electron chi connectivity index (χ4n) is 2.97. The van der Waals surface area contributed by atoms with Crippen LogP contribution in [0, 0.1) is 0 Å². The first-order valence-electron chi connectivity index (χ1n) is 9.57. The van der Waals surface area contributed by atoms with Crippen LogP contribution in [-0.4, -0.2) is 39.4 Å². The van der Waals surface area contributed by atoms with Gasteiger partial charge in [0.25, 0.3) is 5.56 Å². The molecule has 0 unspecified atom stereocenters. The van der Waals surface area contributed by atoms with E-state index in [4.69, 9.17) is 9.47 Å². The molecular formula is C22H21N5O3. The lowest BCUT2D eigenvalue weighted by atomic mass is 10.2. The Hall–Kier alpha value is -3.94. The lowest BCUT2D eigenvalue weighted by Crippen LogP contribution is -2.17. The second kappa shape index (κ2) is 8.60. The quantitative estimate of drug-likeness (QED) is 0.442. The largest absolute Gasteiger partial charge is 0.493 e. The highest BCUT2D eigenvalue weighted by Gasteiger charge is 2.11. The summed E-state index contributed by atoms with van der Waals surface area (Å²) in [5.74, 6) is 1.28. The summed E-state index contributed by atoms with van der Waals surface area (Å²) in [6, 6.07) is 15.0. The topological polar surface area (TPSA) is 83.5 Å². The van der Waals surface area contributed by atoms with Crippen molar-refractivity contribution in [2.75, 3.05) is 13.7 Å². The Morgan fingerprint density at radius 3 is 2.73 bits per heavy atom. The summed E-state index contributed by atoms with van der Waals surface area (Å²) in [5, 5.41) is 8.96. The van der Waals surface area contributed by atoms with Crippen molar-refractivity contribution in [3.63, 3.8) is 0 Å². The maximum absolute atomic E-state index is 12.8. The Labute approximate surface area is 173 Å². The minimum atomic E-state index is -0.297. The summed E-state index contributed by atoms with van der Waals surface area (Å²) in [7, 11) is 1.60. The zero-order valence-electron chi connectivity index (χ0n) is 16.7. The minimum absolute atomic E-state index is 0.297. The number of benzene rings is 2. The molecule has 2 aromatic carbocycles. The third kappa shape index (κ3) is 3.80. The number of fused-ring (bicyclic) bond motifs is 1. The average molecular weight is 403 g/mol. The number of aromatic nitrogens is 4. The third-order valence-electron chi connectivity index (χ3n) is 4.45. The van der Waals surface area contributed by atoms with Gasteiger partial charge in [-0.25, -0.2) is 9.67 Å². The zero-order chi connectivity index (χ0) is 20.9. The van der Waals surface area contributed by atoms with Gasteiger partial charge in [-0.05, 0) is 42.3 Å². The van der Waals surface area contributed by atoms with Gasteiger partial charge in [0.2, 0.25) is 0 Å². The van der Waals surface area contributed by atoms with Gasteiger partial charge in [0.15, 0.2) is 17.1 Å². The Morgan fingerprint density at radius 2 is 1.97 bits per heavy atom. The van der Waals surface area contributed by atoms with Crippen molar-refractivity contribution in [1.29, 1.82) is 0 Å². The van der Waals surface area contributed by atoms with Crippen molar-refractivity contribution in [2.45, 2.75) is 13.3 Å². The van der Waals surface area contributed by atoms with Crippen LogP contribution in [0.5, 0.6) is 11.5 Å². The molecule has 152 valence electrons. The Morgan fingerprint density at radius 1 is 1.13 bits per heavy atom. The van der Waals surface area contributed by atoms with E-state index in [9.17, 15) is 4.79 Å². The SMILES string of the molecule is CCCOc1cc(/C=N\n2cnc3c(cnn3-c3ccccc3)c2=O)ccc1OC. The Balaban J connectivity index is 1.65. The highest BCUT2D eigenvalue weighted by Crippen LogP contribution is 2.27. The maximum atomic E-state index is 12.8. The number of ether oxygens (including phenoxy) is 2. The fraction of sp³-hybridized carbons (Fsp3) is 0.182. The lowest BCUT2D eigenvalue weighted by Gasteiger charge is -2.10. The summed E-state index contributed by atoms with van der Waals surface area (Å²) < 4.78 is 13.9. The molecule has 0 aliphatic rings. The number of rotatable bonds is 7. The van der Waals surface area contributed by atoms with E-state index in [1.54, 1.807) is 24.1 Å². The van der Waals surface area contributed by atoms with Gasteiger partial charge in [0, 0.05) is 0 Å². The first-order chi connectivity index (χ1) is 14.7. The molecule has 0 bridgehead atoms. The number of nitrogens with zero attached hydrogens (tertiary/aromatic N) is 5. The minimum Gasteiger partial charge on any atom is -0.493 e. The molecule has 4 aromatic rings. The van der Waals surface area contributed by atoms with E-state index < -0.39 is 0 Å². The zero-order valence-corrected chi connectivity index (χ0v) is 16.7. The van der Waals surface area contributed by atoms with Crippen molar-refractivity contribution in [1.82, 2.24) is 19.4 Å². The van der Waals surface area contributed by atoms with E-state index in [1.165, 1.54) is 17.2 Å². The molecule has 0 saturated carbocycles. The van der Waals surface area contributed by atoms with Gasteiger partial charge in [-0.1, -0.05) is 25.1 Å². The first kappa shape index (κ1) is 19.4. The molecule has 8 nitrogen and oxygen atoms in total. The van der Waals surface area contributed by atoms with Crippen LogP contribution in [0.4, 0.5) is 0 Å². The number of para-hydroxylation sites is 1. The van der Waals surface area contributed by atoms with Gasteiger partial charge in [-0.3, -0.25) is 4.79 Å². The van der Waals surface area contributed by atoms with Crippen LogP contribution in [0.2, 0.25) is 0 Å². The third-order valence-corrected chi connectivity index (χ3v) is 4.45. The van der Waals surface area contributed by atoms with Crippen LogP contribution in [0.3, 0.4) is 0 Å². The van der Waals surface area contributed by atoms with E-state index in [0.717, 1.165) is 17.7 Å². The van der Waals surface area contributed by atoms with Gasteiger partial charge in [-0.2, -0.15) is 14.9 Å². The number of methoxy groups -OCH3 is 1. The van der Waals surface area contributed by atoms with Crippen LogP contribution in [0.1, 0.15) is 18.9 Å². The summed E-state index contributed by atoms with van der Waals surface area (Å²) in [6.45, 7) is 2.62. The predicted molar refractivity (Wildman–Crippen MR) is 115 cm³/mol. The molecule has 0 radical (unpaired) electrons. The molecule has 8 heteroatoms. The van der Waals surface area contributed by atoms with Crippen molar-refractivity contribution < 1.29 is 9.47 Å². The molecular weight excluding hydrogens is 382 g/mol. The van der Waals surface area contributed by atoms with Gasteiger partial charge in [0.05, 0.1) is 31.8 Å². The summed E-state index contributed by atoms with van der Waals surface area (Å²) in [4.78, 5) is 17.2. The van der Waals surface area contributed by atoms with Crippen molar-refractivity contribution in [2.24, 2.45) is 5.10 Å². The molecule has 0 aliphatic carbocycles. The monoisotopic (exact) mass is 403 g/mol. The van der Waals surface area contributed by atoms with E-state index in [1.807, 2.05) is 49.4 Å². The molecule has 30 heavy (non-hydrogen) atoms. The summed E-state index contributed by atoms with van der Waals surface area (Å²) in [5.41, 5.74) is 1.79. The predicted octanol–water partition coefficient (Wildman–Crippen LogP) is 3.26. The molecule has 4 rings (SSSR count). The van der Waals surface area contributed by atoms with Gasteiger partial charge in [0.1, 0.15) is 11.7 Å². The van der Waals surface area contributed by atoms with Crippen LogP contribution in [-0.2, 0) is 0 Å². The van der Waals surface area contributed by atoms with Crippen LogP contribution >= 0.6 is 0 Å². The van der Waals surface area contributed by atoms with E-state index in [2.05, 4.69) is 15.2 Å².